The van der Waals surface area contributed by atoms with Gasteiger partial charge in [0, 0.05) is 28.9 Å². The summed E-state index contributed by atoms with van der Waals surface area (Å²) in [5.74, 6) is 0.00324. The van der Waals surface area contributed by atoms with Crippen molar-refractivity contribution in [1.82, 2.24) is 0 Å². The Labute approximate surface area is 197 Å². The molecule has 1 aliphatic rings. The summed E-state index contributed by atoms with van der Waals surface area (Å²) in [6.45, 7) is 6.59. The number of anilines is 1. The molecule has 1 heterocycles. The van der Waals surface area contributed by atoms with E-state index in [2.05, 4.69) is 0 Å². The Morgan fingerprint density at radius 2 is 1.84 bits per heavy atom. The first kappa shape index (κ1) is 24.3. The highest BCUT2D eigenvalue weighted by atomic mass is 35.5. The summed E-state index contributed by atoms with van der Waals surface area (Å²) < 4.78 is 11.0. The Morgan fingerprint density at radius 3 is 2.44 bits per heavy atom. The maximum Gasteiger partial charge on any atom is 0.305 e. The van der Waals surface area contributed by atoms with Crippen LogP contribution in [0.1, 0.15) is 43.6 Å². The van der Waals surface area contributed by atoms with E-state index in [9.17, 15) is 14.7 Å². The number of hydrogen-bond donors (Lipinski definition) is 1. The van der Waals surface area contributed by atoms with Crippen LogP contribution in [0.4, 0.5) is 5.69 Å². The number of carboxylic acid groups (broad SMARTS) is 1. The number of halogens is 1. The first-order chi connectivity index (χ1) is 15.0. The number of aliphatic carboxylic acids is 1. The minimum atomic E-state index is -1.02. The third-order valence-corrected chi connectivity index (χ3v) is 6.83. The number of ether oxygens (including phenoxy) is 2. The fourth-order valence-corrected chi connectivity index (χ4v) is 5.45. The second kappa shape index (κ2) is 9.63. The van der Waals surface area contributed by atoms with Gasteiger partial charge in [-0.1, -0.05) is 38.4 Å². The van der Waals surface area contributed by atoms with Crippen molar-refractivity contribution in [2.45, 2.75) is 37.7 Å². The third kappa shape index (κ3) is 5.33. The predicted molar refractivity (Wildman–Crippen MR) is 128 cm³/mol. The molecule has 1 amide bonds. The molecule has 172 valence electrons. The van der Waals surface area contributed by atoms with Crippen LogP contribution in [0.3, 0.4) is 0 Å². The van der Waals surface area contributed by atoms with Crippen LogP contribution >= 0.6 is 23.4 Å². The Kier molecular flexibility index (Phi) is 7.30. The summed E-state index contributed by atoms with van der Waals surface area (Å²) in [5, 5.41) is 8.95. The first-order valence-corrected chi connectivity index (χ1v) is 11.6. The number of amides is 1. The molecule has 0 spiro atoms. The van der Waals surface area contributed by atoms with Gasteiger partial charge in [-0.2, -0.15) is 0 Å². The molecule has 0 saturated heterocycles. The molecule has 0 bridgehead atoms. The number of carbonyl (C=O) groups excluding carboxylic acids is 1. The molecule has 2 aromatic carbocycles. The molecule has 0 unspecified atom stereocenters. The maximum atomic E-state index is 13.6. The first-order valence-electron chi connectivity index (χ1n) is 10.2. The largest absolute Gasteiger partial charge is 0.497 e. The number of hydrogen-bond acceptors (Lipinski definition) is 5. The summed E-state index contributed by atoms with van der Waals surface area (Å²) in [6, 6.07) is 11.0. The summed E-state index contributed by atoms with van der Waals surface area (Å²) in [6.07, 6.45) is -0.277. The molecule has 0 aliphatic carbocycles. The number of carboxylic acids is 1. The van der Waals surface area contributed by atoms with Gasteiger partial charge in [0.2, 0.25) is 5.91 Å². The molecule has 0 saturated carbocycles. The lowest BCUT2D eigenvalue weighted by atomic mass is 9.94. The van der Waals surface area contributed by atoms with E-state index >= 15 is 0 Å². The highest BCUT2D eigenvalue weighted by Crippen LogP contribution is 2.50. The fourth-order valence-electron chi connectivity index (χ4n) is 3.78. The minimum Gasteiger partial charge on any atom is -0.497 e. The standard InChI is InChI=1S/C24H28ClNO5S/c1-24(2,3)13-26-18-9-6-14(25)10-17(18)22(32-20(23(26)29)12-21(27)28)16-8-7-15(30-4)11-19(16)31-5/h6-11,20,22H,12-13H2,1-5H3,(H,27,28)/t20-,22-/m0/s1. The predicted octanol–water partition coefficient (Wildman–Crippen LogP) is 5.42. The molecule has 2 aromatic rings. The maximum absolute atomic E-state index is 13.6. The summed E-state index contributed by atoms with van der Waals surface area (Å²) in [4.78, 5) is 27.0. The number of carbonyl (C=O) groups is 2. The van der Waals surface area contributed by atoms with Gasteiger partial charge < -0.3 is 19.5 Å². The molecular weight excluding hydrogens is 450 g/mol. The van der Waals surface area contributed by atoms with Gasteiger partial charge in [-0.15, -0.1) is 11.8 Å². The van der Waals surface area contributed by atoms with Crippen LogP contribution in [-0.4, -0.2) is 43.0 Å². The molecule has 1 N–H and O–H groups in total. The van der Waals surface area contributed by atoms with Gasteiger partial charge >= 0.3 is 5.97 Å². The average molecular weight is 478 g/mol. The molecule has 1 aliphatic heterocycles. The summed E-state index contributed by atoms with van der Waals surface area (Å²) in [7, 11) is 3.15. The molecule has 0 aromatic heterocycles. The van der Waals surface area contributed by atoms with Crippen LogP contribution in [-0.2, 0) is 9.59 Å². The van der Waals surface area contributed by atoms with E-state index in [-0.39, 0.29) is 23.0 Å². The number of thioether (sulfide) groups is 1. The van der Waals surface area contributed by atoms with E-state index in [0.717, 1.165) is 16.8 Å². The number of methoxy groups -OCH3 is 2. The van der Waals surface area contributed by atoms with E-state index in [1.807, 2.05) is 45.0 Å². The molecule has 0 radical (unpaired) electrons. The number of benzene rings is 2. The second-order valence-electron chi connectivity index (χ2n) is 8.90. The number of rotatable bonds is 6. The van der Waals surface area contributed by atoms with E-state index in [1.165, 1.54) is 11.8 Å². The van der Waals surface area contributed by atoms with Crippen LogP contribution in [0.2, 0.25) is 5.02 Å². The molecular formula is C24H28ClNO5S. The van der Waals surface area contributed by atoms with Crippen LogP contribution in [0.15, 0.2) is 36.4 Å². The average Bonchev–Trinajstić information content (AvgIpc) is 2.82. The Balaban J connectivity index is 2.24. The van der Waals surface area contributed by atoms with Gasteiger partial charge in [-0.05, 0) is 35.2 Å². The highest BCUT2D eigenvalue weighted by molar-refractivity contribution is 8.01. The zero-order valence-corrected chi connectivity index (χ0v) is 20.4. The van der Waals surface area contributed by atoms with Crippen molar-refractivity contribution in [2.24, 2.45) is 5.41 Å². The van der Waals surface area contributed by atoms with E-state index in [0.29, 0.717) is 23.1 Å². The number of nitrogens with zero attached hydrogens (tertiary/aromatic N) is 1. The lowest BCUT2D eigenvalue weighted by Crippen LogP contribution is -2.42. The van der Waals surface area contributed by atoms with Crippen LogP contribution in [0, 0.1) is 5.41 Å². The Bertz CT molecular complexity index is 1020. The smallest absolute Gasteiger partial charge is 0.305 e. The molecule has 2 atom stereocenters. The number of fused-ring (bicyclic) bond motifs is 1. The van der Waals surface area contributed by atoms with E-state index in [4.69, 9.17) is 21.1 Å². The Morgan fingerprint density at radius 1 is 1.12 bits per heavy atom. The van der Waals surface area contributed by atoms with Crippen molar-refractivity contribution in [3.63, 3.8) is 0 Å². The highest BCUT2D eigenvalue weighted by Gasteiger charge is 2.39. The van der Waals surface area contributed by atoms with E-state index in [1.54, 1.807) is 31.3 Å². The van der Waals surface area contributed by atoms with Crippen molar-refractivity contribution in [3.8, 4) is 11.5 Å². The lowest BCUT2D eigenvalue weighted by Gasteiger charge is -2.31. The molecule has 0 fully saturated rings. The summed E-state index contributed by atoms with van der Waals surface area (Å²) >= 11 is 7.70. The second-order valence-corrected chi connectivity index (χ2v) is 10.6. The van der Waals surface area contributed by atoms with Gasteiger partial charge in [0.1, 0.15) is 11.5 Å². The zero-order valence-electron chi connectivity index (χ0n) is 18.8. The van der Waals surface area contributed by atoms with Crippen molar-refractivity contribution in [3.05, 3.63) is 52.5 Å². The fraction of sp³-hybridized carbons (Fsp3) is 0.417. The van der Waals surface area contributed by atoms with Crippen LogP contribution in [0.5, 0.6) is 11.5 Å². The topological polar surface area (TPSA) is 76.1 Å². The van der Waals surface area contributed by atoms with Gasteiger partial charge in [0.25, 0.3) is 0 Å². The molecule has 3 rings (SSSR count). The van der Waals surface area contributed by atoms with Gasteiger partial charge in [-0.25, -0.2) is 0 Å². The minimum absolute atomic E-state index is 0.192. The third-order valence-electron chi connectivity index (χ3n) is 5.12. The van der Waals surface area contributed by atoms with E-state index < -0.39 is 11.2 Å². The molecule has 32 heavy (non-hydrogen) atoms. The van der Waals surface area contributed by atoms with Crippen LogP contribution < -0.4 is 14.4 Å². The SMILES string of the molecule is COc1ccc([C@@H]2S[C@@H](CC(=O)O)C(=O)N(CC(C)(C)C)c3ccc(Cl)cc32)c(OC)c1. The van der Waals surface area contributed by atoms with Crippen molar-refractivity contribution < 1.29 is 24.2 Å². The quantitative estimate of drug-likeness (QED) is 0.599. The monoisotopic (exact) mass is 477 g/mol. The zero-order chi connectivity index (χ0) is 23.6. The molecule has 6 nitrogen and oxygen atoms in total. The van der Waals surface area contributed by atoms with Gasteiger partial charge in [0.15, 0.2) is 0 Å². The van der Waals surface area contributed by atoms with Gasteiger partial charge in [0.05, 0.1) is 31.1 Å². The summed E-state index contributed by atoms with van der Waals surface area (Å²) in [5.41, 5.74) is 2.21. The Hall–Kier alpha value is -2.38. The van der Waals surface area contributed by atoms with Gasteiger partial charge in [-0.3, -0.25) is 9.59 Å². The van der Waals surface area contributed by atoms with Crippen molar-refractivity contribution in [2.75, 3.05) is 25.7 Å². The van der Waals surface area contributed by atoms with Crippen LogP contribution in [0.25, 0.3) is 0 Å². The van der Waals surface area contributed by atoms with Crippen molar-refractivity contribution in [1.29, 1.82) is 0 Å². The lowest BCUT2D eigenvalue weighted by molar-refractivity contribution is -0.138. The van der Waals surface area contributed by atoms with Crippen molar-refractivity contribution >= 4 is 40.9 Å². The normalized spacial score (nSPS) is 18.7. The molecule has 8 heteroatoms.